The molecule has 0 saturated carbocycles. The van der Waals surface area contributed by atoms with Gasteiger partial charge in [-0.1, -0.05) is 42.0 Å². The molecule has 1 aromatic heterocycles. The molecule has 0 unspecified atom stereocenters. The molecule has 0 radical (unpaired) electrons. The summed E-state index contributed by atoms with van der Waals surface area (Å²) in [5.41, 5.74) is 3.63. The van der Waals surface area contributed by atoms with Crippen molar-refractivity contribution in [1.82, 2.24) is 14.9 Å². The Morgan fingerprint density at radius 3 is 2.19 bits per heavy atom. The number of aromatic nitrogens is 3. The monoisotopic (exact) mass is 433 g/mol. The summed E-state index contributed by atoms with van der Waals surface area (Å²) in [5, 5.41) is 19.3. The van der Waals surface area contributed by atoms with Crippen molar-refractivity contribution >= 4 is 5.69 Å². The third-order valence-corrected chi connectivity index (χ3v) is 5.08. The average molecular weight is 433 g/mol. The summed E-state index contributed by atoms with van der Waals surface area (Å²) in [5.74, 6) is 0. The van der Waals surface area contributed by atoms with E-state index in [1.165, 1.54) is 12.1 Å². The first-order valence-corrected chi connectivity index (χ1v) is 9.75. The number of nitrogens with zero attached hydrogens (tertiary/aromatic N) is 5. The zero-order valence-electron chi connectivity index (χ0n) is 17.1. The summed E-state index contributed by atoms with van der Waals surface area (Å²) in [4.78, 5) is 0. The molecule has 0 N–H and O–H groups in total. The van der Waals surface area contributed by atoms with Crippen LogP contribution in [-0.2, 0) is 12.7 Å². The van der Waals surface area contributed by atoms with E-state index in [2.05, 4.69) is 16.3 Å². The first-order chi connectivity index (χ1) is 15.3. The summed E-state index contributed by atoms with van der Waals surface area (Å²) in [7, 11) is 0. The minimum absolute atomic E-state index is 0.368. The molecule has 0 saturated heterocycles. The molecule has 0 bridgehead atoms. The molecule has 160 valence electrons. The van der Waals surface area contributed by atoms with Crippen LogP contribution in [-0.4, -0.2) is 14.9 Å². The highest BCUT2D eigenvalue weighted by Gasteiger charge is 2.30. The first-order valence-electron chi connectivity index (χ1n) is 9.75. The molecule has 0 amide bonds. The molecular formula is C24H18F3N5. The Hall–Kier alpha value is -4.12. The lowest BCUT2D eigenvalue weighted by Crippen LogP contribution is -2.27. The summed E-state index contributed by atoms with van der Waals surface area (Å²) < 4.78 is 40.6. The van der Waals surface area contributed by atoms with E-state index in [1.54, 1.807) is 35.5 Å². The van der Waals surface area contributed by atoms with Gasteiger partial charge in [-0.3, -0.25) is 5.01 Å². The maximum Gasteiger partial charge on any atom is 0.416 e. The number of hydrogen-bond donors (Lipinski definition) is 0. The van der Waals surface area contributed by atoms with Gasteiger partial charge in [-0.15, -0.1) is 10.2 Å². The summed E-state index contributed by atoms with van der Waals surface area (Å²) in [6, 6.07) is 20.2. The molecule has 0 aliphatic rings. The molecule has 0 atom stereocenters. The molecular weight excluding hydrogens is 415 g/mol. The molecule has 1 heterocycles. The van der Waals surface area contributed by atoms with Crippen molar-refractivity contribution in [2.45, 2.75) is 19.6 Å². The van der Waals surface area contributed by atoms with Crippen LogP contribution in [0.1, 0.15) is 22.3 Å². The van der Waals surface area contributed by atoms with Crippen LogP contribution in [0.5, 0.6) is 0 Å². The van der Waals surface area contributed by atoms with Gasteiger partial charge in [0.05, 0.1) is 29.4 Å². The lowest BCUT2D eigenvalue weighted by molar-refractivity contribution is -0.137. The third kappa shape index (κ3) is 4.47. The topological polar surface area (TPSA) is 57.7 Å². The van der Waals surface area contributed by atoms with Gasteiger partial charge in [0, 0.05) is 5.56 Å². The molecule has 5 nitrogen and oxygen atoms in total. The van der Waals surface area contributed by atoms with E-state index in [9.17, 15) is 18.4 Å². The van der Waals surface area contributed by atoms with Gasteiger partial charge in [-0.25, -0.2) is 4.68 Å². The van der Waals surface area contributed by atoms with Gasteiger partial charge in [-0.2, -0.15) is 18.4 Å². The lowest BCUT2D eigenvalue weighted by Gasteiger charge is -2.26. The highest BCUT2D eigenvalue weighted by atomic mass is 19.4. The normalized spacial score (nSPS) is 11.2. The Balaban J connectivity index is 1.76. The van der Waals surface area contributed by atoms with E-state index in [1.807, 2.05) is 36.2 Å². The van der Waals surface area contributed by atoms with Gasteiger partial charge in [0.25, 0.3) is 0 Å². The summed E-state index contributed by atoms with van der Waals surface area (Å²) in [6.07, 6.45) is -1.30. The Morgan fingerprint density at radius 2 is 1.59 bits per heavy atom. The maximum absolute atomic E-state index is 13.0. The fourth-order valence-electron chi connectivity index (χ4n) is 3.36. The number of nitriles is 1. The van der Waals surface area contributed by atoms with E-state index in [4.69, 9.17) is 0 Å². The van der Waals surface area contributed by atoms with E-state index in [-0.39, 0.29) is 0 Å². The molecule has 0 spiro atoms. The van der Waals surface area contributed by atoms with Crippen molar-refractivity contribution in [1.29, 1.82) is 5.26 Å². The third-order valence-electron chi connectivity index (χ3n) is 5.08. The second-order valence-electron chi connectivity index (χ2n) is 7.30. The number of benzene rings is 3. The number of aryl methyl sites for hydroxylation is 1. The molecule has 0 aliphatic heterocycles. The number of anilines is 1. The van der Waals surface area contributed by atoms with Gasteiger partial charge >= 0.3 is 6.18 Å². The summed E-state index contributed by atoms with van der Waals surface area (Å²) in [6.45, 7) is 2.51. The van der Waals surface area contributed by atoms with Crippen molar-refractivity contribution in [3.63, 3.8) is 0 Å². The second-order valence-corrected chi connectivity index (χ2v) is 7.30. The lowest BCUT2D eigenvalue weighted by atomic mass is 9.98. The van der Waals surface area contributed by atoms with Crippen LogP contribution < -0.4 is 5.01 Å². The second kappa shape index (κ2) is 8.55. The van der Waals surface area contributed by atoms with Crippen molar-refractivity contribution in [3.05, 3.63) is 102 Å². The van der Waals surface area contributed by atoms with Gasteiger partial charge < -0.3 is 0 Å². The minimum atomic E-state index is -4.42. The zero-order valence-corrected chi connectivity index (χ0v) is 17.1. The van der Waals surface area contributed by atoms with Crippen molar-refractivity contribution < 1.29 is 13.2 Å². The van der Waals surface area contributed by atoms with Crippen LogP contribution in [0.2, 0.25) is 0 Å². The van der Waals surface area contributed by atoms with Crippen molar-refractivity contribution in [3.8, 4) is 17.2 Å². The van der Waals surface area contributed by atoms with Crippen molar-refractivity contribution in [2.75, 3.05) is 5.01 Å². The Bertz CT molecular complexity index is 1240. The molecule has 4 aromatic rings. The zero-order chi connectivity index (χ0) is 22.7. The van der Waals surface area contributed by atoms with Crippen molar-refractivity contribution in [2.24, 2.45) is 0 Å². The summed E-state index contributed by atoms with van der Waals surface area (Å²) >= 11 is 0. The number of halogens is 3. The van der Waals surface area contributed by atoms with Gasteiger partial charge in [0.15, 0.2) is 0 Å². The predicted octanol–water partition coefficient (Wildman–Crippen LogP) is 5.61. The fourth-order valence-corrected chi connectivity index (χ4v) is 3.36. The largest absolute Gasteiger partial charge is 0.416 e. The fraction of sp³-hybridized carbons (Fsp3) is 0.125. The van der Waals surface area contributed by atoms with Crippen LogP contribution >= 0.6 is 0 Å². The van der Waals surface area contributed by atoms with Gasteiger partial charge in [-0.05, 0) is 48.4 Å². The molecule has 0 fully saturated rings. The van der Waals surface area contributed by atoms with Crippen LogP contribution in [0.4, 0.5) is 18.9 Å². The van der Waals surface area contributed by atoms with Crippen LogP contribution in [0.25, 0.3) is 11.1 Å². The number of hydrogen-bond acceptors (Lipinski definition) is 4. The smallest absolute Gasteiger partial charge is 0.274 e. The molecule has 8 heteroatoms. The van der Waals surface area contributed by atoms with E-state index in [0.717, 1.165) is 28.9 Å². The quantitative estimate of drug-likeness (QED) is 0.410. The molecule has 0 aliphatic carbocycles. The first kappa shape index (κ1) is 21.1. The van der Waals surface area contributed by atoms with Gasteiger partial charge in [0.2, 0.25) is 0 Å². The SMILES string of the molecule is Cc1ccc(CN(c2ccc(C#N)c(-c3ccc(C(F)(F)F)cc3)c2)n2cnnc2)cc1. The highest BCUT2D eigenvalue weighted by Crippen LogP contribution is 2.33. The van der Waals surface area contributed by atoms with Crippen LogP contribution in [0, 0.1) is 18.3 Å². The Morgan fingerprint density at radius 1 is 0.938 bits per heavy atom. The van der Waals surface area contributed by atoms with Gasteiger partial charge in [0.1, 0.15) is 12.7 Å². The van der Waals surface area contributed by atoms with Crippen LogP contribution in [0.3, 0.4) is 0 Å². The predicted molar refractivity (Wildman–Crippen MR) is 114 cm³/mol. The molecule has 4 rings (SSSR count). The number of alkyl halides is 3. The number of rotatable bonds is 5. The highest BCUT2D eigenvalue weighted by molar-refractivity contribution is 5.75. The Kier molecular flexibility index (Phi) is 5.65. The molecule has 3 aromatic carbocycles. The Labute approximate surface area is 183 Å². The minimum Gasteiger partial charge on any atom is -0.274 e. The maximum atomic E-state index is 13.0. The average Bonchev–Trinajstić information content (AvgIpc) is 3.32. The van der Waals surface area contributed by atoms with Crippen LogP contribution in [0.15, 0.2) is 79.4 Å². The van der Waals surface area contributed by atoms with E-state index < -0.39 is 11.7 Å². The van der Waals surface area contributed by atoms with E-state index >= 15 is 0 Å². The van der Waals surface area contributed by atoms with E-state index in [0.29, 0.717) is 23.2 Å². The standard InChI is InChI=1S/C24H18F3N5/c1-17-2-4-18(5-3-17)14-32(31-15-29-30-16-31)22-11-8-20(13-28)23(12-22)19-6-9-21(10-7-19)24(25,26)27/h2-12,15-16H,14H2,1H3. The molecule has 32 heavy (non-hydrogen) atoms.